The molecule has 1 amide bonds. The molecule has 0 saturated heterocycles. The van der Waals surface area contributed by atoms with E-state index >= 15 is 0 Å². The predicted octanol–water partition coefficient (Wildman–Crippen LogP) is 2.14. The number of nitro groups is 2. The third kappa shape index (κ3) is 3.51. The van der Waals surface area contributed by atoms with Gasteiger partial charge in [0.1, 0.15) is 0 Å². The summed E-state index contributed by atoms with van der Waals surface area (Å²) in [6.07, 6.45) is 1.25. The Hall–Kier alpha value is -4.15. The number of H-pyrrole nitrogens is 1. The zero-order chi connectivity index (χ0) is 18.7. The molecule has 0 saturated carbocycles. The molecule has 0 fully saturated rings. The molecule has 0 atom stereocenters. The number of hydrazone groups is 1. The van der Waals surface area contributed by atoms with Crippen molar-refractivity contribution in [3.8, 4) is 0 Å². The zero-order valence-electron chi connectivity index (χ0n) is 12.9. The van der Waals surface area contributed by atoms with Crippen molar-refractivity contribution in [3.63, 3.8) is 0 Å². The lowest BCUT2D eigenvalue weighted by atomic mass is 10.1. The van der Waals surface area contributed by atoms with Crippen molar-refractivity contribution in [3.05, 3.63) is 74.1 Å². The number of benzene rings is 2. The Labute approximate surface area is 144 Å². The summed E-state index contributed by atoms with van der Waals surface area (Å²) in [5.74, 6) is -0.444. The van der Waals surface area contributed by atoms with E-state index in [2.05, 4.69) is 20.5 Å². The van der Waals surface area contributed by atoms with E-state index in [1.54, 1.807) is 6.07 Å². The highest BCUT2D eigenvalue weighted by atomic mass is 16.6. The first kappa shape index (κ1) is 16.7. The first-order valence-electron chi connectivity index (χ1n) is 7.16. The number of hydrogen-bond donors (Lipinski definition) is 2. The van der Waals surface area contributed by atoms with Crippen LogP contribution in [-0.2, 0) is 0 Å². The summed E-state index contributed by atoms with van der Waals surface area (Å²) in [6.45, 7) is 0. The number of aromatic nitrogens is 2. The molecule has 130 valence electrons. The lowest BCUT2D eigenvalue weighted by Crippen LogP contribution is -2.18. The number of para-hydroxylation sites is 2. The lowest BCUT2D eigenvalue weighted by molar-refractivity contribution is -0.394. The second kappa shape index (κ2) is 6.76. The average Bonchev–Trinajstić information content (AvgIpc) is 3.03. The standard InChI is InChI=1S/C15H10N6O5/c22-15(9-5-10(20(23)24)7-11(6-9)21(25)26)19-16-8-14-17-12-3-1-2-4-13(12)18-14/h1-8H,(H,17,18)(H,19,22)/b16-8+. The van der Waals surface area contributed by atoms with Crippen molar-refractivity contribution in [1.82, 2.24) is 15.4 Å². The topological polar surface area (TPSA) is 156 Å². The number of amides is 1. The number of rotatable bonds is 5. The SMILES string of the molecule is O=C(N/N=C/c1nc2ccccc2[nH]1)c1cc([N+](=O)[O-])cc([N+](=O)[O-])c1. The van der Waals surface area contributed by atoms with Crippen LogP contribution in [0.4, 0.5) is 11.4 Å². The minimum atomic E-state index is -0.829. The van der Waals surface area contributed by atoms with Crippen LogP contribution in [0.2, 0.25) is 0 Å². The van der Waals surface area contributed by atoms with Crippen molar-refractivity contribution in [2.45, 2.75) is 0 Å². The molecular formula is C15H10N6O5. The summed E-state index contributed by atoms with van der Waals surface area (Å²) in [5, 5.41) is 25.4. The number of nitrogens with zero attached hydrogens (tertiary/aromatic N) is 4. The Bertz CT molecular complexity index is 992. The molecule has 1 aromatic heterocycles. The van der Waals surface area contributed by atoms with Gasteiger partial charge in [0.05, 0.1) is 38.7 Å². The van der Waals surface area contributed by atoms with Gasteiger partial charge in [-0.2, -0.15) is 5.10 Å². The number of non-ortho nitro benzene ring substituents is 2. The quantitative estimate of drug-likeness (QED) is 0.406. The highest BCUT2D eigenvalue weighted by Crippen LogP contribution is 2.22. The van der Waals surface area contributed by atoms with Gasteiger partial charge in [-0.1, -0.05) is 12.1 Å². The Morgan fingerprint density at radius 2 is 1.77 bits per heavy atom. The van der Waals surface area contributed by atoms with E-state index in [0.29, 0.717) is 5.82 Å². The van der Waals surface area contributed by atoms with Crippen molar-refractivity contribution < 1.29 is 14.6 Å². The first-order chi connectivity index (χ1) is 12.4. The van der Waals surface area contributed by atoms with Crippen LogP contribution in [-0.4, -0.2) is 31.9 Å². The predicted molar refractivity (Wildman–Crippen MR) is 90.9 cm³/mol. The third-order valence-corrected chi connectivity index (χ3v) is 3.35. The van der Waals surface area contributed by atoms with Gasteiger partial charge in [-0.25, -0.2) is 10.4 Å². The molecule has 11 nitrogen and oxygen atoms in total. The highest BCUT2D eigenvalue weighted by Gasteiger charge is 2.19. The minimum Gasteiger partial charge on any atom is -0.337 e. The number of nitrogens with one attached hydrogen (secondary N) is 2. The van der Waals surface area contributed by atoms with E-state index in [-0.39, 0.29) is 5.56 Å². The van der Waals surface area contributed by atoms with Crippen LogP contribution in [0.1, 0.15) is 16.2 Å². The number of aromatic amines is 1. The van der Waals surface area contributed by atoms with Gasteiger partial charge in [-0.15, -0.1) is 0 Å². The highest BCUT2D eigenvalue weighted by molar-refractivity contribution is 5.96. The molecule has 2 aromatic carbocycles. The molecule has 26 heavy (non-hydrogen) atoms. The fraction of sp³-hybridized carbons (Fsp3) is 0. The molecule has 11 heteroatoms. The van der Waals surface area contributed by atoms with Gasteiger partial charge >= 0.3 is 0 Å². The fourth-order valence-electron chi connectivity index (χ4n) is 2.19. The van der Waals surface area contributed by atoms with Gasteiger partial charge in [0.2, 0.25) is 0 Å². The lowest BCUT2D eigenvalue weighted by Gasteiger charge is -2.00. The van der Waals surface area contributed by atoms with E-state index in [1.165, 1.54) is 6.21 Å². The number of imidazole rings is 1. The Morgan fingerprint density at radius 1 is 1.12 bits per heavy atom. The van der Waals surface area contributed by atoms with Gasteiger partial charge in [0, 0.05) is 12.1 Å². The van der Waals surface area contributed by atoms with Crippen LogP contribution in [0.3, 0.4) is 0 Å². The van der Waals surface area contributed by atoms with Gasteiger partial charge in [-0.3, -0.25) is 25.0 Å². The van der Waals surface area contributed by atoms with Crippen molar-refractivity contribution in [2.75, 3.05) is 0 Å². The smallest absolute Gasteiger partial charge is 0.277 e. The van der Waals surface area contributed by atoms with Gasteiger partial charge in [0.25, 0.3) is 17.3 Å². The molecule has 0 radical (unpaired) electrons. The first-order valence-corrected chi connectivity index (χ1v) is 7.16. The maximum atomic E-state index is 12.1. The fourth-order valence-corrected chi connectivity index (χ4v) is 2.19. The summed E-state index contributed by atoms with van der Waals surface area (Å²) in [4.78, 5) is 39.3. The van der Waals surface area contributed by atoms with Crippen LogP contribution >= 0.6 is 0 Å². The summed E-state index contributed by atoms with van der Waals surface area (Å²) in [7, 11) is 0. The molecule has 0 bridgehead atoms. The van der Waals surface area contributed by atoms with Crippen molar-refractivity contribution in [1.29, 1.82) is 0 Å². The van der Waals surface area contributed by atoms with E-state index in [0.717, 1.165) is 29.2 Å². The maximum absolute atomic E-state index is 12.1. The average molecular weight is 354 g/mol. The van der Waals surface area contributed by atoms with Crippen LogP contribution in [0.25, 0.3) is 11.0 Å². The molecule has 0 spiro atoms. The Balaban J connectivity index is 1.79. The molecular weight excluding hydrogens is 344 g/mol. The largest absolute Gasteiger partial charge is 0.337 e. The molecule has 1 heterocycles. The minimum absolute atomic E-state index is 0.257. The van der Waals surface area contributed by atoms with E-state index in [9.17, 15) is 25.0 Å². The summed E-state index contributed by atoms with van der Waals surface area (Å²) in [6, 6.07) is 9.90. The van der Waals surface area contributed by atoms with Gasteiger partial charge in [0.15, 0.2) is 5.82 Å². The van der Waals surface area contributed by atoms with E-state index in [1.807, 2.05) is 18.2 Å². The monoisotopic (exact) mass is 354 g/mol. The van der Waals surface area contributed by atoms with Crippen LogP contribution in [0.15, 0.2) is 47.6 Å². The summed E-state index contributed by atoms with van der Waals surface area (Å²) >= 11 is 0. The van der Waals surface area contributed by atoms with Crippen molar-refractivity contribution >= 4 is 34.5 Å². The van der Waals surface area contributed by atoms with E-state index in [4.69, 9.17) is 0 Å². The molecule has 0 aliphatic rings. The molecule has 2 N–H and O–H groups in total. The molecule has 0 aliphatic carbocycles. The van der Waals surface area contributed by atoms with Crippen LogP contribution in [0.5, 0.6) is 0 Å². The zero-order valence-corrected chi connectivity index (χ0v) is 12.9. The third-order valence-electron chi connectivity index (χ3n) is 3.35. The number of hydrogen-bond acceptors (Lipinski definition) is 7. The Morgan fingerprint density at radius 3 is 2.38 bits per heavy atom. The van der Waals surface area contributed by atoms with Crippen LogP contribution in [0, 0.1) is 20.2 Å². The van der Waals surface area contributed by atoms with Crippen molar-refractivity contribution in [2.24, 2.45) is 5.10 Å². The molecule has 0 aliphatic heterocycles. The molecule has 0 unspecified atom stereocenters. The number of carbonyl (C=O) groups is 1. The normalized spacial score (nSPS) is 10.9. The molecule has 3 aromatic rings. The second-order valence-electron chi connectivity index (χ2n) is 5.09. The van der Waals surface area contributed by atoms with Crippen LogP contribution < -0.4 is 5.43 Å². The Kier molecular flexibility index (Phi) is 4.34. The number of fused-ring (bicyclic) bond motifs is 1. The molecule has 3 rings (SSSR count). The number of nitro benzene ring substituents is 2. The summed E-state index contributed by atoms with van der Waals surface area (Å²) < 4.78 is 0. The summed E-state index contributed by atoms with van der Waals surface area (Å²) in [5.41, 5.74) is 2.27. The van der Waals surface area contributed by atoms with Gasteiger partial charge in [-0.05, 0) is 12.1 Å². The van der Waals surface area contributed by atoms with E-state index < -0.39 is 27.1 Å². The van der Waals surface area contributed by atoms with Gasteiger partial charge < -0.3 is 4.98 Å². The second-order valence-corrected chi connectivity index (χ2v) is 5.09. The maximum Gasteiger partial charge on any atom is 0.277 e. The number of carbonyl (C=O) groups excluding carboxylic acids is 1.